The van der Waals surface area contributed by atoms with E-state index in [4.69, 9.17) is 5.26 Å². The summed E-state index contributed by atoms with van der Waals surface area (Å²) in [6, 6.07) is 3.13. The predicted octanol–water partition coefficient (Wildman–Crippen LogP) is 0.433. The van der Waals surface area contributed by atoms with Crippen molar-refractivity contribution >= 4 is 12.0 Å². The number of nitriles is 1. The number of hydrogen-bond donors (Lipinski definition) is 1. The molecule has 1 N–H and O–H groups in total. The highest BCUT2D eigenvalue weighted by Gasteiger charge is 1.98. The van der Waals surface area contributed by atoms with Gasteiger partial charge in [-0.05, 0) is 17.7 Å². The van der Waals surface area contributed by atoms with E-state index in [1.54, 1.807) is 6.07 Å². The van der Waals surface area contributed by atoms with Crippen molar-refractivity contribution in [1.82, 2.24) is 4.98 Å². The van der Waals surface area contributed by atoms with Crippen molar-refractivity contribution < 1.29 is 9.53 Å². The lowest BCUT2D eigenvalue weighted by molar-refractivity contribution is -0.134. The first-order chi connectivity index (χ1) is 7.17. The lowest BCUT2D eigenvalue weighted by Crippen LogP contribution is -2.08. The van der Waals surface area contributed by atoms with Crippen molar-refractivity contribution in [2.75, 3.05) is 7.11 Å². The van der Waals surface area contributed by atoms with Gasteiger partial charge in [0.25, 0.3) is 5.56 Å². The zero-order chi connectivity index (χ0) is 11.3. The molecule has 0 fully saturated rings. The van der Waals surface area contributed by atoms with E-state index in [2.05, 4.69) is 9.72 Å². The number of nitrogens with zero attached hydrogens (tertiary/aromatic N) is 1. The molecular weight excluding hydrogens is 196 g/mol. The van der Waals surface area contributed by atoms with E-state index in [1.165, 1.54) is 31.5 Å². The van der Waals surface area contributed by atoms with Crippen molar-refractivity contribution in [3.05, 3.63) is 39.8 Å². The van der Waals surface area contributed by atoms with Gasteiger partial charge in [-0.2, -0.15) is 5.26 Å². The second kappa shape index (κ2) is 4.77. The van der Waals surface area contributed by atoms with E-state index in [0.717, 1.165) is 0 Å². The van der Waals surface area contributed by atoms with Crippen LogP contribution in [0.4, 0.5) is 0 Å². The first-order valence-electron chi connectivity index (χ1n) is 4.06. The number of aromatic amines is 1. The van der Waals surface area contributed by atoms with Crippen LogP contribution in [0.15, 0.2) is 23.1 Å². The topological polar surface area (TPSA) is 83.0 Å². The number of aromatic nitrogens is 1. The van der Waals surface area contributed by atoms with Crippen LogP contribution in [0.1, 0.15) is 11.1 Å². The summed E-state index contributed by atoms with van der Waals surface area (Å²) in [6.45, 7) is 0. The summed E-state index contributed by atoms with van der Waals surface area (Å²) in [5, 5.41) is 8.58. The number of pyridine rings is 1. The Hall–Kier alpha value is -2.35. The van der Waals surface area contributed by atoms with Crippen LogP contribution in [0, 0.1) is 11.3 Å². The molecule has 0 aliphatic rings. The molecule has 0 saturated heterocycles. The van der Waals surface area contributed by atoms with Gasteiger partial charge in [0.15, 0.2) is 0 Å². The molecule has 5 heteroatoms. The van der Waals surface area contributed by atoms with Crippen LogP contribution in [-0.4, -0.2) is 18.1 Å². The van der Waals surface area contributed by atoms with Crippen LogP contribution >= 0.6 is 0 Å². The zero-order valence-corrected chi connectivity index (χ0v) is 7.98. The highest BCUT2D eigenvalue weighted by Crippen LogP contribution is 2.00. The van der Waals surface area contributed by atoms with Crippen molar-refractivity contribution in [3.63, 3.8) is 0 Å². The van der Waals surface area contributed by atoms with Crippen molar-refractivity contribution in [1.29, 1.82) is 5.26 Å². The standard InChI is InChI=1S/C10H8N2O3/c1-15-9(13)3-2-7-4-8(5-11)10(14)12-6-7/h2-4,6H,1H3,(H,12,14). The van der Waals surface area contributed by atoms with Gasteiger partial charge < -0.3 is 9.72 Å². The fraction of sp³-hybridized carbons (Fsp3) is 0.100. The lowest BCUT2D eigenvalue weighted by atomic mass is 10.2. The SMILES string of the molecule is COC(=O)C=Cc1c[nH]c(=O)c(C#N)c1. The fourth-order valence-electron chi connectivity index (χ4n) is 0.912. The van der Waals surface area contributed by atoms with Gasteiger partial charge in [0.05, 0.1) is 7.11 Å². The van der Waals surface area contributed by atoms with E-state index in [0.29, 0.717) is 5.56 Å². The molecule has 0 atom stereocenters. The Labute approximate surface area is 85.6 Å². The van der Waals surface area contributed by atoms with Crippen molar-refractivity contribution in [2.45, 2.75) is 0 Å². The molecule has 0 radical (unpaired) electrons. The first-order valence-corrected chi connectivity index (χ1v) is 4.06. The van der Waals surface area contributed by atoms with Gasteiger partial charge in [-0.25, -0.2) is 4.79 Å². The Morgan fingerprint density at radius 2 is 2.40 bits per heavy atom. The van der Waals surface area contributed by atoms with Gasteiger partial charge >= 0.3 is 5.97 Å². The van der Waals surface area contributed by atoms with Gasteiger partial charge in [-0.15, -0.1) is 0 Å². The van der Waals surface area contributed by atoms with Gasteiger partial charge in [0.2, 0.25) is 0 Å². The summed E-state index contributed by atoms with van der Waals surface area (Å²) in [5.41, 5.74) is 0.103. The summed E-state index contributed by atoms with van der Waals surface area (Å²) >= 11 is 0. The van der Waals surface area contributed by atoms with Gasteiger partial charge in [0.1, 0.15) is 11.6 Å². The van der Waals surface area contributed by atoms with Crippen LogP contribution in [0.25, 0.3) is 6.08 Å². The van der Waals surface area contributed by atoms with Crippen LogP contribution in [-0.2, 0) is 9.53 Å². The van der Waals surface area contributed by atoms with Gasteiger partial charge in [-0.3, -0.25) is 4.79 Å². The number of esters is 1. The molecular formula is C10H8N2O3. The number of carbonyl (C=O) groups excluding carboxylic acids is 1. The quantitative estimate of drug-likeness (QED) is 0.559. The Bertz CT molecular complexity index is 494. The third kappa shape index (κ3) is 2.81. The monoisotopic (exact) mass is 204 g/mol. The third-order valence-electron chi connectivity index (χ3n) is 1.66. The Morgan fingerprint density at radius 3 is 3.00 bits per heavy atom. The highest BCUT2D eigenvalue weighted by atomic mass is 16.5. The molecule has 1 aromatic rings. The van der Waals surface area contributed by atoms with Crippen molar-refractivity contribution in [2.24, 2.45) is 0 Å². The number of rotatable bonds is 2. The average Bonchev–Trinajstić information content (AvgIpc) is 2.27. The Morgan fingerprint density at radius 1 is 1.67 bits per heavy atom. The minimum Gasteiger partial charge on any atom is -0.466 e. The van der Waals surface area contributed by atoms with E-state index in [-0.39, 0.29) is 5.56 Å². The number of ether oxygens (including phenoxy) is 1. The van der Waals surface area contributed by atoms with Gasteiger partial charge in [0, 0.05) is 12.3 Å². The summed E-state index contributed by atoms with van der Waals surface area (Å²) in [7, 11) is 1.26. The molecule has 0 spiro atoms. The minimum absolute atomic E-state index is 0.00187. The van der Waals surface area contributed by atoms with E-state index >= 15 is 0 Å². The number of nitrogens with one attached hydrogen (secondary N) is 1. The maximum Gasteiger partial charge on any atom is 0.330 e. The van der Waals surface area contributed by atoms with Gasteiger partial charge in [-0.1, -0.05) is 0 Å². The highest BCUT2D eigenvalue weighted by molar-refractivity contribution is 5.86. The maximum atomic E-state index is 11.0. The zero-order valence-electron chi connectivity index (χ0n) is 7.98. The second-order valence-corrected chi connectivity index (χ2v) is 2.64. The van der Waals surface area contributed by atoms with E-state index in [1.807, 2.05) is 0 Å². The summed E-state index contributed by atoms with van der Waals surface area (Å²) in [6.07, 6.45) is 4.06. The normalized spacial score (nSPS) is 9.87. The maximum absolute atomic E-state index is 11.0. The molecule has 0 bridgehead atoms. The summed E-state index contributed by atoms with van der Waals surface area (Å²) < 4.78 is 4.39. The van der Waals surface area contributed by atoms with E-state index in [9.17, 15) is 9.59 Å². The van der Waals surface area contributed by atoms with Crippen LogP contribution in [0.2, 0.25) is 0 Å². The molecule has 1 aromatic heterocycles. The van der Waals surface area contributed by atoms with Crippen molar-refractivity contribution in [3.8, 4) is 6.07 Å². The minimum atomic E-state index is -0.500. The summed E-state index contributed by atoms with van der Waals surface area (Å²) in [5.74, 6) is -0.500. The molecule has 0 aromatic carbocycles. The molecule has 76 valence electrons. The molecule has 0 unspecified atom stereocenters. The fourth-order valence-corrected chi connectivity index (χ4v) is 0.912. The molecule has 1 rings (SSSR count). The largest absolute Gasteiger partial charge is 0.466 e. The number of H-pyrrole nitrogens is 1. The summed E-state index contributed by atoms with van der Waals surface area (Å²) in [4.78, 5) is 24.1. The molecule has 15 heavy (non-hydrogen) atoms. The third-order valence-corrected chi connectivity index (χ3v) is 1.66. The molecule has 0 amide bonds. The lowest BCUT2D eigenvalue weighted by Gasteiger charge is -1.93. The Balaban J connectivity index is 2.99. The van der Waals surface area contributed by atoms with Crippen LogP contribution in [0.5, 0.6) is 0 Å². The van der Waals surface area contributed by atoms with Crippen LogP contribution in [0.3, 0.4) is 0 Å². The van der Waals surface area contributed by atoms with E-state index < -0.39 is 11.5 Å². The molecule has 0 aliphatic carbocycles. The first kappa shape index (κ1) is 10.7. The predicted molar refractivity (Wildman–Crippen MR) is 52.8 cm³/mol. The Kier molecular flexibility index (Phi) is 3.41. The second-order valence-electron chi connectivity index (χ2n) is 2.64. The number of hydrogen-bond acceptors (Lipinski definition) is 4. The molecule has 0 aliphatic heterocycles. The number of carbonyl (C=O) groups is 1. The average molecular weight is 204 g/mol. The van der Waals surface area contributed by atoms with Crippen LogP contribution < -0.4 is 5.56 Å². The molecule has 1 heterocycles. The smallest absolute Gasteiger partial charge is 0.330 e. The molecule has 5 nitrogen and oxygen atoms in total. The number of methoxy groups -OCH3 is 1. The molecule has 0 saturated carbocycles.